The van der Waals surface area contributed by atoms with Gasteiger partial charge in [-0.25, -0.2) is 0 Å². The summed E-state index contributed by atoms with van der Waals surface area (Å²) >= 11 is 0. The van der Waals surface area contributed by atoms with Crippen LogP contribution in [-0.4, -0.2) is 41.3 Å². The quantitative estimate of drug-likeness (QED) is 0.605. The number of hydrogen-bond donors (Lipinski definition) is 1. The maximum Gasteiger partial charge on any atom is 0.303 e. The van der Waals surface area contributed by atoms with E-state index in [1.165, 1.54) is 13.0 Å². The molecule has 2 fully saturated rings. The van der Waals surface area contributed by atoms with Gasteiger partial charge in [0.2, 0.25) is 0 Å². The second kappa shape index (κ2) is 6.56. The van der Waals surface area contributed by atoms with E-state index in [1.54, 1.807) is 13.0 Å². The van der Waals surface area contributed by atoms with E-state index in [0.717, 1.165) is 18.4 Å². The van der Waals surface area contributed by atoms with Crippen molar-refractivity contribution >= 4 is 11.8 Å². The summed E-state index contributed by atoms with van der Waals surface area (Å²) in [6.45, 7) is 13.5. The highest BCUT2D eigenvalue weighted by Crippen LogP contribution is 2.64. The third-order valence-electron chi connectivity index (χ3n) is 7.72. The Balaban J connectivity index is 2.15. The largest absolute Gasteiger partial charge is 0.459 e. The van der Waals surface area contributed by atoms with E-state index in [2.05, 4.69) is 20.4 Å². The van der Waals surface area contributed by atoms with Gasteiger partial charge in [-0.15, -0.1) is 6.58 Å². The van der Waals surface area contributed by atoms with Crippen LogP contribution in [0.25, 0.3) is 0 Å². The number of ether oxygens (including phenoxy) is 2. The average Bonchev–Trinajstić information content (AvgIpc) is 2.94. The number of rotatable bonds is 3. The van der Waals surface area contributed by atoms with Crippen LogP contribution >= 0.6 is 0 Å². The molecule has 1 saturated heterocycles. The Morgan fingerprint density at radius 3 is 2.78 bits per heavy atom. The van der Waals surface area contributed by atoms with Crippen molar-refractivity contribution in [1.82, 2.24) is 0 Å². The molecule has 0 radical (unpaired) electrons. The van der Waals surface area contributed by atoms with E-state index in [1.807, 2.05) is 6.92 Å². The Kier molecular flexibility index (Phi) is 4.92. The summed E-state index contributed by atoms with van der Waals surface area (Å²) in [5, 5.41) is 10.9. The maximum atomic E-state index is 12.5. The zero-order valence-corrected chi connectivity index (χ0v) is 17.1. The number of hydrogen-bond acceptors (Lipinski definition) is 5. The lowest BCUT2D eigenvalue weighted by atomic mass is 9.46. The highest BCUT2D eigenvalue weighted by atomic mass is 16.6. The molecule has 0 aromatic heterocycles. The van der Waals surface area contributed by atoms with Crippen LogP contribution in [0.3, 0.4) is 0 Å². The van der Waals surface area contributed by atoms with Crippen molar-refractivity contribution in [3.05, 3.63) is 24.3 Å². The molecule has 2 aliphatic carbocycles. The van der Waals surface area contributed by atoms with E-state index in [4.69, 9.17) is 9.47 Å². The van der Waals surface area contributed by atoms with Crippen molar-refractivity contribution < 1.29 is 24.2 Å². The van der Waals surface area contributed by atoms with Crippen molar-refractivity contribution in [2.75, 3.05) is 6.61 Å². The molecule has 5 nitrogen and oxygen atoms in total. The Bertz CT molecular complexity index is 693. The number of carbonyl (C=O) groups is 2. The first-order valence-electron chi connectivity index (χ1n) is 9.85. The third kappa shape index (κ3) is 2.90. The zero-order chi connectivity index (χ0) is 20.2. The molecule has 0 aromatic carbocycles. The molecular formula is C22H32O5. The monoisotopic (exact) mass is 376 g/mol. The van der Waals surface area contributed by atoms with E-state index < -0.39 is 29.2 Å². The lowest BCUT2D eigenvalue weighted by molar-refractivity contribution is -0.175. The molecule has 0 unspecified atom stereocenters. The SMILES string of the molecule is C=C[C@@](C)(O)[C@H]1OC[C@@]2([C@@H]1OC(C)=O)[C@@H](C)CC[C@]1(C)C(C)=CC(=O)C[C@@H]21. The summed E-state index contributed by atoms with van der Waals surface area (Å²) in [5.74, 6) is -0.0852. The van der Waals surface area contributed by atoms with Gasteiger partial charge in [0.25, 0.3) is 0 Å². The van der Waals surface area contributed by atoms with Crippen LogP contribution in [-0.2, 0) is 19.1 Å². The predicted molar refractivity (Wildman–Crippen MR) is 102 cm³/mol. The van der Waals surface area contributed by atoms with Crippen molar-refractivity contribution in [2.24, 2.45) is 22.7 Å². The van der Waals surface area contributed by atoms with E-state index in [-0.39, 0.29) is 23.0 Å². The van der Waals surface area contributed by atoms with Crippen LogP contribution in [0.4, 0.5) is 0 Å². The first kappa shape index (κ1) is 20.3. The summed E-state index contributed by atoms with van der Waals surface area (Å²) in [5.41, 5.74) is -0.894. The molecule has 1 saturated carbocycles. The third-order valence-corrected chi connectivity index (χ3v) is 7.72. The number of fused-ring (bicyclic) bond motifs is 2. The average molecular weight is 376 g/mol. The molecule has 3 rings (SSSR count). The molecule has 1 aliphatic heterocycles. The van der Waals surface area contributed by atoms with Crippen molar-refractivity contribution in [3.63, 3.8) is 0 Å². The Hall–Kier alpha value is -1.46. The second-order valence-corrected chi connectivity index (χ2v) is 9.21. The molecule has 1 spiro atoms. The van der Waals surface area contributed by atoms with Gasteiger partial charge < -0.3 is 14.6 Å². The molecule has 7 atom stereocenters. The van der Waals surface area contributed by atoms with E-state index in [0.29, 0.717) is 13.0 Å². The van der Waals surface area contributed by atoms with E-state index >= 15 is 0 Å². The molecule has 0 amide bonds. The Morgan fingerprint density at radius 2 is 2.19 bits per heavy atom. The first-order chi connectivity index (χ1) is 12.5. The lowest BCUT2D eigenvalue weighted by Gasteiger charge is -2.58. The van der Waals surface area contributed by atoms with Gasteiger partial charge in [-0.2, -0.15) is 0 Å². The summed E-state index contributed by atoms with van der Waals surface area (Å²) < 4.78 is 12.0. The summed E-state index contributed by atoms with van der Waals surface area (Å²) in [6.07, 6.45) is 4.25. The number of allylic oxidation sites excluding steroid dienone is 2. The standard InChI is InChI=1S/C22H32O5/c1-7-21(6,25)18-19(27-15(4)23)22(12-26-18)13(2)8-9-20(5)14(3)10-16(24)11-17(20)22/h7,10,13,17-19,25H,1,8-9,11-12H2,2-6H3/t13-,17+,18-,19+,20+,21+,22+/m0/s1. The van der Waals surface area contributed by atoms with Crippen molar-refractivity contribution in [1.29, 1.82) is 0 Å². The minimum absolute atomic E-state index is 0.00113. The Morgan fingerprint density at radius 1 is 1.52 bits per heavy atom. The molecule has 0 aromatic rings. The summed E-state index contributed by atoms with van der Waals surface area (Å²) in [7, 11) is 0. The molecule has 1 heterocycles. The van der Waals surface area contributed by atoms with Gasteiger partial charge in [-0.05, 0) is 50.0 Å². The van der Waals surface area contributed by atoms with E-state index in [9.17, 15) is 14.7 Å². The molecule has 3 aliphatic rings. The first-order valence-corrected chi connectivity index (χ1v) is 9.85. The predicted octanol–water partition coefficient (Wildman–Crippen LogP) is 3.21. The number of carbonyl (C=O) groups excluding carboxylic acids is 2. The molecule has 27 heavy (non-hydrogen) atoms. The van der Waals surface area contributed by atoms with Crippen LogP contribution in [0.1, 0.15) is 53.9 Å². The van der Waals surface area contributed by atoms with Crippen LogP contribution in [0.15, 0.2) is 24.3 Å². The highest BCUT2D eigenvalue weighted by molar-refractivity contribution is 5.92. The normalized spacial score (nSPS) is 43.6. The lowest BCUT2D eigenvalue weighted by Crippen LogP contribution is -2.60. The van der Waals surface area contributed by atoms with Gasteiger partial charge in [-0.1, -0.05) is 25.5 Å². The van der Waals surface area contributed by atoms with Crippen LogP contribution < -0.4 is 0 Å². The van der Waals surface area contributed by atoms with Crippen molar-refractivity contribution in [3.8, 4) is 0 Å². The Labute approximate surface area is 161 Å². The van der Waals surface area contributed by atoms with Gasteiger partial charge in [0.05, 0.1) is 6.61 Å². The fourth-order valence-corrected chi connectivity index (χ4v) is 5.80. The fourth-order valence-electron chi connectivity index (χ4n) is 5.80. The van der Waals surface area contributed by atoms with Gasteiger partial charge in [0, 0.05) is 18.8 Å². The number of aliphatic hydroxyl groups is 1. The van der Waals surface area contributed by atoms with Gasteiger partial charge >= 0.3 is 5.97 Å². The number of esters is 1. The minimum atomic E-state index is -1.33. The van der Waals surface area contributed by atoms with Gasteiger partial charge in [0.1, 0.15) is 17.8 Å². The van der Waals surface area contributed by atoms with Crippen molar-refractivity contribution in [2.45, 2.75) is 71.7 Å². The summed E-state index contributed by atoms with van der Waals surface area (Å²) in [6, 6.07) is 0. The summed E-state index contributed by atoms with van der Waals surface area (Å²) in [4.78, 5) is 24.5. The number of ketones is 1. The molecule has 1 N–H and O–H groups in total. The maximum absolute atomic E-state index is 12.5. The van der Waals surface area contributed by atoms with Crippen LogP contribution in [0.2, 0.25) is 0 Å². The highest BCUT2D eigenvalue weighted by Gasteiger charge is 2.67. The molecular weight excluding hydrogens is 344 g/mol. The van der Waals surface area contributed by atoms with Gasteiger partial charge in [0.15, 0.2) is 5.78 Å². The minimum Gasteiger partial charge on any atom is -0.459 e. The van der Waals surface area contributed by atoms with Crippen LogP contribution in [0.5, 0.6) is 0 Å². The second-order valence-electron chi connectivity index (χ2n) is 9.21. The fraction of sp³-hybridized carbons (Fsp3) is 0.727. The van der Waals surface area contributed by atoms with Crippen LogP contribution in [0, 0.1) is 22.7 Å². The smallest absolute Gasteiger partial charge is 0.303 e. The topological polar surface area (TPSA) is 72.8 Å². The van der Waals surface area contributed by atoms with Gasteiger partial charge in [-0.3, -0.25) is 9.59 Å². The molecule has 0 bridgehead atoms. The molecule has 5 heteroatoms. The molecule has 150 valence electrons. The zero-order valence-electron chi connectivity index (χ0n) is 17.1.